The van der Waals surface area contributed by atoms with E-state index in [2.05, 4.69) is 15.5 Å². The zero-order valence-electron chi connectivity index (χ0n) is 14.6. The average Bonchev–Trinajstić information content (AvgIpc) is 3.40. The molecule has 0 saturated heterocycles. The lowest BCUT2D eigenvalue weighted by molar-refractivity contribution is 0.0932. The standard InChI is InChI=1S/C20H17F2N3O2/c1-11(20-24-18(25-27-20)12-8-9-12)23-19(26)14-5-2-4-13(10-14)15-6-3-7-16(21)17(15)22/h2-7,10-12H,8-9H2,1H3,(H,23,26)/t11-/m0/s1. The first-order valence-electron chi connectivity index (χ1n) is 8.71. The number of carbonyl (C=O) groups excluding carboxylic acids is 1. The Bertz CT molecular complexity index is 998. The van der Waals surface area contributed by atoms with Gasteiger partial charge in [-0.3, -0.25) is 4.79 Å². The minimum atomic E-state index is -0.943. The van der Waals surface area contributed by atoms with Crippen molar-refractivity contribution >= 4 is 5.91 Å². The Kier molecular flexibility index (Phi) is 4.43. The first-order valence-corrected chi connectivity index (χ1v) is 8.71. The number of rotatable bonds is 5. The fourth-order valence-corrected chi connectivity index (χ4v) is 2.83. The van der Waals surface area contributed by atoms with Gasteiger partial charge in [0, 0.05) is 17.0 Å². The zero-order chi connectivity index (χ0) is 19.0. The third-order valence-corrected chi connectivity index (χ3v) is 4.51. The van der Waals surface area contributed by atoms with Crippen molar-refractivity contribution in [2.75, 3.05) is 0 Å². The van der Waals surface area contributed by atoms with Crippen molar-refractivity contribution in [2.45, 2.75) is 31.7 Å². The van der Waals surface area contributed by atoms with E-state index in [4.69, 9.17) is 4.52 Å². The van der Waals surface area contributed by atoms with E-state index < -0.39 is 17.7 Å². The predicted molar refractivity (Wildman–Crippen MR) is 93.9 cm³/mol. The van der Waals surface area contributed by atoms with Crippen LogP contribution in [0.1, 0.15) is 53.8 Å². The summed E-state index contributed by atoms with van der Waals surface area (Å²) in [6.07, 6.45) is 2.12. The number of hydrogen-bond acceptors (Lipinski definition) is 4. The van der Waals surface area contributed by atoms with E-state index >= 15 is 0 Å². The second-order valence-corrected chi connectivity index (χ2v) is 6.64. The zero-order valence-corrected chi connectivity index (χ0v) is 14.6. The van der Waals surface area contributed by atoms with E-state index in [0.29, 0.717) is 28.8 Å². The minimum Gasteiger partial charge on any atom is -0.341 e. The van der Waals surface area contributed by atoms with Crippen molar-refractivity contribution in [2.24, 2.45) is 0 Å². The van der Waals surface area contributed by atoms with E-state index in [9.17, 15) is 13.6 Å². The van der Waals surface area contributed by atoms with Gasteiger partial charge in [0.1, 0.15) is 6.04 Å². The van der Waals surface area contributed by atoms with Crippen LogP contribution < -0.4 is 5.32 Å². The molecule has 5 nitrogen and oxygen atoms in total. The Hall–Kier alpha value is -3.09. The molecule has 1 fully saturated rings. The number of halogens is 2. The maximum Gasteiger partial charge on any atom is 0.251 e. The lowest BCUT2D eigenvalue weighted by Gasteiger charge is -2.11. The summed E-state index contributed by atoms with van der Waals surface area (Å²) in [5.41, 5.74) is 0.842. The molecule has 138 valence electrons. The normalized spacial score (nSPS) is 14.8. The number of nitrogens with zero attached hydrogens (tertiary/aromatic N) is 2. The van der Waals surface area contributed by atoms with Crippen LogP contribution in [0.3, 0.4) is 0 Å². The van der Waals surface area contributed by atoms with E-state index in [0.717, 1.165) is 18.9 Å². The number of amides is 1. The number of aromatic nitrogens is 2. The highest BCUT2D eigenvalue weighted by Crippen LogP contribution is 2.38. The molecule has 1 aliphatic carbocycles. The van der Waals surface area contributed by atoms with Crippen molar-refractivity contribution in [1.29, 1.82) is 0 Å². The van der Waals surface area contributed by atoms with Gasteiger partial charge in [-0.15, -0.1) is 0 Å². The van der Waals surface area contributed by atoms with Crippen LogP contribution in [0.15, 0.2) is 47.0 Å². The number of carbonyl (C=O) groups is 1. The Morgan fingerprint density at radius 2 is 2.00 bits per heavy atom. The van der Waals surface area contributed by atoms with E-state index in [1.807, 2.05) is 0 Å². The molecule has 1 saturated carbocycles. The molecule has 1 amide bonds. The van der Waals surface area contributed by atoms with Crippen LogP contribution >= 0.6 is 0 Å². The summed E-state index contributed by atoms with van der Waals surface area (Å²) in [6, 6.07) is 9.85. The van der Waals surface area contributed by atoms with Crippen molar-refractivity contribution in [3.63, 3.8) is 0 Å². The molecular weight excluding hydrogens is 352 g/mol. The molecule has 1 aliphatic rings. The van der Waals surface area contributed by atoms with Crippen LogP contribution in [0.25, 0.3) is 11.1 Å². The van der Waals surface area contributed by atoms with Crippen molar-refractivity contribution < 1.29 is 18.1 Å². The van der Waals surface area contributed by atoms with Crippen molar-refractivity contribution in [1.82, 2.24) is 15.5 Å². The lowest BCUT2D eigenvalue weighted by atomic mass is 10.0. The average molecular weight is 369 g/mol. The van der Waals surface area contributed by atoms with Gasteiger partial charge in [0.25, 0.3) is 5.91 Å². The van der Waals surface area contributed by atoms with E-state index in [1.165, 1.54) is 18.2 Å². The molecule has 1 heterocycles. The molecule has 0 bridgehead atoms. The molecule has 0 radical (unpaired) electrons. The van der Waals surface area contributed by atoms with Gasteiger partial charge in [0.15, 0.2) is 17.5 Å². The topological polar surface area (TPSA) is 68.0 Å². The highest BCUT2D eigenvalue weighted by molar-refractivity contribution is 5.95. The predicted octanol–water partition coefficient (Wildman–Crippen LogP) is 4.38. The summed E-state index contributed by atoms with van der Waals surface area (Å²) in [5, 5.41) is 6.72. The molecule has 0 unspecified atom stereocenters. The highest BCUT2D eigenvalue weighted by atomic mass is 19.2. The second-order valence-electron chi connectivity index (χ2n) is 6.64. The summed E-state index contributed by atoms with van der Waals surface area (Å²) < 4.78 is 32.7. The van der Waals surface area contributed by atoms with Gasteiger partial charge in [0.2, 0.25) is 5.89 Å². The molecule has 7 heteroatoms. The monoisotopic (exact) mass is 369 g/mol. The summed E-state index contributed by atoms with van der Waals surface area (Å²) in [6.45, 7) is 1.75. The Balaban J connectivity index is 1.52. The maximum atomic E-state index is 14.0. The summed E-state index contributed by atoms with van der Waals surface area (Å²) in [7, 11) is 0. The SMILES string of the molecule is C[C@H](NC(=O)c1cccc(-c2cccc(F)c2F)c1)c1nc(C2CC2)no1. The lowest BCUT2D eigenvalue weighted by Crippen LogP contribution is -2.26. The molecule has 1 aromatic heterocycles. The second kappa shape index (κ2) is 6.90. The van der Waals surface area contributed by atoms with Crippen molar-refractivity contribution in [3.8, 4) is 11.1 Å². The highest BCUT2D eigenvalue weighted by Gasteiger charge is 2.30. The van der Waals surface area contributed by atoms with E-state index in [-0.39, 0.29) is 11.5 Å². The smallest absolute Gasteiger partial charge is 0.251 e. The fourth-order valence-electron chi connectivity index (χ4n) is 2.83. The third-order valence-electron chi connectivity index (χ3n) is 4.51. The largest absolute Gasteiger partial charge is 0.341 e. The third kappa shape index (κ3) is 3.58. The van der Waals surface area contributed by atoms with Crippen LogP contribution in [-0.2, 0) is 0 Å². The minimum absolute atomic E-state index is 0.101. The van der Waals surface area contributed by atoms with Crippen molar-refractivity contribution in [3.05, 3.63) is 71.4 Å². The number of nitrogens with one attached hydrogen (secondary N) is 1. The quantitative estimate of drug-likeness (QED) is 0.725. The molecule has 1 N–H and O–H groups in total. The molecule has 0 spiro atoms. The Labute approximate surface area is 154 Å². The van der Waals surface area contributed by atoms with Gasteiger partial charge < -0.3 is 9.84 Å². The van der Waals surface area contributed by atoms with E-state index in [1.54, 1.807) is 25.1 Å². The molecular formula is C20H17F2N3O2. The van der Waals surface area contributed by atoms with Crippen LogP contribution in [0, 0.1) is 11.6 Å². The van der Waals surface area contributed by atoms with Gasteiger partial charge in [-0.05, 0) is 43.5 Å². The number of benzene rings is 2. The molecule has 4 rings (SSSR count). The van der Waals surface area contributed by atoms with Crippen LogP contribution in [0.2, 0.25) is 0 Å². The maximum absolute atomic E-state index is 14.0. The van der Waals surface area contributed by atoms with Gasteiger partial charge in [-0.25, -0.2) is 8.78 Å². The van der Waals surface area contributed by atoms with Crippen LogP contribution in [-0.4, -0.2) is 16.0 Å². The van der Waals surface area contributed by atoms with Gasteiger partial charge in [-0.2, -0.15) is 4.98 Å². The van der Waals surface area contributed by atoms with Gasteiger partial charge in [0.05, 0.1) is 0 Å². The Morgan fingerprint density at radius 1 is 1.22 bits per heavy atom. The molecule has 2 aromatic carbocycles. The number of hydrogen-bond donors (Lipinski definition) is 1. The molecule has 0 aliphatic heterocycles. The van der Waals surface area contributed by atoms with Gasteiger partial charge >= 0.3 is 0 Å². The first kappa shape index (κ1) is 17.3. The summed E-state index contributed by atoms with van der Waals surface area (Å²) in [5.74, 6) is -0.858. The molecule has 27 heavy (non-hydrogen) atoms. The van der Waals surface area contributed by atoms with Gasteiger partial charge in [-0.1, -0.05) is 29.4 Å². The van der Waals surface area contributed by atoms with Crippen LogP contribution in [0.4, 0.5) is 8.78 Å². The summed E-state index contributed by atoms with van der Waals surface area (Å²) >= 11 is 0. The molecule has 3 aromatic rings. The molecule has 1 atom stereocenters. The Morgan fingerprint density at radius 3 is 2.78 bits per heavy atom. The summed E-state index contributed by atoms with van der Waals surface area (Å²) in [4.78, 5) is 16.9. The fraction of sp³-hybridized carbons (Fsp3) is 0.250. The first-order chi connectivity index (χ1) is 13.0. The van der Waals surface area contributed by atoms with Crippen LogP contribution in [0.5, 0.6) is 0 Å².